The second-order valence-corrected chi connectivity index (χ2v) is 4.89. The van der Waals surface area contributed by atoms with Crippen LogP contribution in [0.15, 0.2) is 42.6 Å². The third kappa shape index (κ3) is 4.35. The van der Waals surface area contributed by atoms with Crippen LogP contribution in [-0.2, 0) is 19.5 Å². The van der Waals surface area contributed by atoms with Gasteiger partial charge in [-0.1, -0.05) is 30.3 Å². The number of hydrogen-bond donors (Lipinski definition) is 2. The van der Waals surface area contributed by atoms with E-state index in [1.54, 1.807) is 0 Å². The maximum absolute atomic E-state index is 5.27. The normalized spacial score (nSPS) is 10.2. The first-order valence-electron chi connectivity index (χ1n) is 6.86. The van der Waals surface area contributed by atoms with Gasteiger partial charge >= 0.3 is 0 Å². The number of aromatic nitrogens is 2. The second kappa shape index (κ2) is 7.65. The summed E-state index contributed by atoms with van der Waals surface area (Å²) in [5.74, 6) is 0. The molecule has 1 aromatic heterocycles. The van der Waals surface area contributed by atoms with E-state index in [0.717, 1.165) is 25.2 Å². The number of hydrogen-bond acceptors (Lipinski definition) is 2. The molecular weight excluding hydrogens is 268 g/mol. The SMILES string of the molecule is CCn1nccc1CNC(=S)NCCc1ccccc1. The Bertz CT molecular complexity index is 536. The average Bonchev–Trinajstić information content (AvgIpc) is 2.94. The first-order chi connectivity index (χ1) is 9.79. The summed E-state index contributed by atoms with van der Waals surface area (Å²) in [6.07, 6.45) is 2.78. The Labute approximate surface area is 125 Å². The van der Waals surface area contributed by atoms with Gasteiger partial charge in [0.15, 0.2) is 5.11 Å². The van der Waals surface area contributed by atoms with E-state index >= 15 is 0 Å². The van der Waals surface area contributed by atoms with Gasteiger partial charge in [-0.05, 0) is 37.2 Å². The molecule has 0 radical (unpaired) electrons. The number of rotatable bonds is 6. The molecule has 0 saturated heterocycles. The van der Waals surface area contributed by atoms with Crippen molar-refractivity contribution in [3.63, 3.8) is 0 Å². The maximum Gasteiger partial charge on any atom is 0.166 e. The van der Waals surface area contributed by atoms with Gasteiger partial charge < -0.3 is 10.6 Å². The van der Waals surface area contributed by atoms with Crippen LogP contribution in [0.4, 0.5) is 0 Å². The Morgan fingerprint density at radius 1 is 1.20 bits per heavy atom. The predicted octanol–water partition coefficient (Wildman–Crippen LogP) is 2.11. The lowest BCUT2D eigenvalue weighted by Crippen LogP contribution is -2.36. The highest BCUT2D eigenvalue weighted by atomic mass is 32.1. The van der Waals surface area contributed by atoms with Crippen molar-refractivity contribution in [2.75, 3.05) is 6.54 Å². The summed E-state index contributed by atoms with van der Waals surface area (Å²) in [6.45, 7) is 4.49. The van der Waals surface area contributed by atoms with Gasteiger partial charge in [0.25, 0.3) is 0 Å². The molecule has 2 aromatic rings. The summed E-state index contributed by atoms with van der Waals surface area (Å²) in [5, 5.41) is 11.3. The molecule has 0 saturated carbocycles. The van der Waals surface area contributed by atoms with E-state index < -0.39 is 0 Å². The lowest BCUT2D eigenvalue weighted by Gasteiger charge is -2.11. The van der Waals surface area contributed by atoms with Crippen LogP contribution in [0.2, 0.25) is 0 Å². The molecule has 0 fully saturated rings. The third-order valence-corrected chi connectivity index (χ3v) is 3.36. The highest BCUT2D eigenvalue weighted by Crippen LogP contribution is 1.99. The molecule has 1 heterocycles. The quantitative estimate of drug-likeness (QED) is 0.799. The Morgan fingerprint density at radius 3 is 2.75 bits per heavy atom. The van der Waals surface area contributed by atoms with Crippen molar-refractivity contribution in [1.29, 1.82) is 0 Å². The first kappa shape index (κ1) is 14.5. The summed E-state index contributed by atoms with van der Waals surface area (Å²) in [4.78, 5) is 0. The molecule has 5 heteroatoms. The molecule has 4 nitrogen and oxygen atoms in total. The molecule has 0 amide bonds. The molecule has 2 N–H and O–H groups in total. The molecule has 1 aromatic carbocycles. The van der Waals surface area contributed by atoms with Crippen molar-refractivity contribution in [3.8, 4) is 0 Å². The summed E-state index contributed by atoms with van der Waals surface area (Å²) in [6, 6.07) is 12.4. The monoisotopic (exact) mass is 288 g/mol. The highest BCUT2D eigenvalue weighted by Gasteiger charge is 2.01. The van der Waals surface area contributed by atoms with Crippen LogP contribution < -0.4 is 10.6 Å². The van der Waals surface area contributed by atoms with E-state index in [4.69, 9.17) is 12.2 Å². The lowest BCUT2D eigenvalue weighted by atomic mass is 10.1. The average molecular weight is 288 g/mol. The summed E-state index contributed by atoms with van der Waals surface area (Å²) in [5.41, 5.74) is 2.45. The number of aryl methyl sites for hydroxylation is 1. The Hall–Kier alpha value is -1.88. The number of nitrogens with zero attached hydrogens (tertiary/aromatic N) is 2. The van der Waals surface area contributed by atoms with Crippen LogP contribution in [0, 0.1) is 0 Å². The van der Waals surface area contributed by atoms with Crippen molar-refractivity contribution in [1.82, 2.24) is 20.4 Å². The lowest BCUT2D eigenvalue weighted by molar-refractivity contribution is 0.611. The Morgan fingerprint density at radius 2 is 2.00 bits per heavy atom. The number of thiocarbonyl (C=S) groups is 1. The van der Waals surface area contributed by atoms with E-state index in [1.165, 1.54) is 5.56 Å². The van der Waals surface area contributed by atoms with Gasteiger partial charge in [-0.2, -0.15) is 5.10 Å². The van der Waals surface area contributed by atoms with Crippen LogP contribution in [-0.4, -0.2) is 21.4 Å². The Balaban J connectivity index is 1.68. The van der Waals surface area contributed by atoms with Crippen LogP contribution in [0.25, 0.3) is 0 Å². The fourth-order valence-electron chi connectivity index (χ4n) is 1.99. The van der Waals surface area contributed by atoms with Crippen LogP contribution in [0.3, 0.4) is 0 Å². The van der Waals surface area contributed by atoms with Crippen molar-refractivity contribution < 1.29 is 0 Å². The van der Waals surface area contributed by atoms with E-state index in [-0.39, 0.29) is 0 Å². The van der Waals surface area contributed by atoms with Gasteiger partial charge in [-0.3, -0.25) is 4.68 Å². The predicted molar refractivity (Wildman–Crippen MR) is 85.5 cm³/mol. The molecule has 0 aliphatic carbocycles. The minimum Gasteiger partial charge on any atom is -0.362 e. The molecule has 0 unspecified atom stereocenters. The zero-order chi connectivity index (χ0) is 14.2. The van der Waals surface area contributed by atoms with Gasteiger partial charge in [-0.25, -0.2) is 0 Å². The molecule has 2 rings (SSSR count). The molecule has 0 atom stereocenters. The molecule has 20 heavy (non-hydrogen) atoms. The number of benzene rings is 1. The van der Waals surface area contributed by atoms with Gasteiger partial charge in [-0.15, -0.1) is 0 Å². The third-order valence-electron chi connectivity index (χ3n) is 3.08. The highest BCUT2D eigenvalue weighted by molar-refractivity contribution is 7.80. The topological polar surface area (TPSA) is 41.9 Å². The zero-order valence-corrected chi connectivity index (χ0v) is 12.5. The van der Waals surface area contributed by atoms with Crippen molar-refractivity contribution in [2.24, 2.45) is 0 Å². The minimum absolute atomic E-state index is 0.685. The molecule has 0 aliphatic heterocycles. The summed E-state index contributed by atoms with van der Waals surface area (Å²) >= 11 is 5.27. The first-order valence-corrected chi connectivity index (χ1v) is 7.26. The largest absolute Gasteiger partial charge is 0.362 e. The molecule has 0 bridgehead atoms. The van der Waals surface area contributed by atoms with Crippen molar-refractivity contribution >= 4 is 17.3 Å². The van der Waals surface area contributed by atoms with E-state index in [0.29, 0.717) is 11.7 Å². The molecule has 0 aliphatic rings. The maximum atomic E-state index is 5.27. The zero-order valence-electron chi connectivity index (χ0n) is 11.7. The van der Waals surface area contributed by atoms with Crippen molar-refractivity contribution in [2.45, 2.75) is 26.4 Å². The molecular formula is C15H20N4S. The van der Waals surface area contributed by atoms with Crippen molar-refractivity contribution in [3.05, 3.63) is 53.9 Å². The standard InChI is InChI=1S/C15H20N4S/c1-2-19-14(9-11-18-19)12-17-15(20)16-10-8-13-6-4-3-5-7-13/h3-7,9,11H,2,8,10,12H2,1H3,(H2,16,17,20). The van der Waals surface area contributed by atoms with Crippen LogP contribution in [0.1, 0.15) is 18.2 Å². The number of nitrogens with one attached hydrogen (secondary N) is 2. The second-order valence-electron chi connectivity index (χ2n) is 4.48. The van der Waals surface area contributed by atoms with Crippen LogP contribution >= 0.6 is 12.2 Å². The summed E-state index contributed by atoms with van der Waals surface area (Å²) in [7, 11) is 0. The fraction of sp³-hybridized carbons (Fsp3) is 0.333. The Kier molecular flexibility index (Phi) is 5.55. The molecule has 0 spiro atoms. The van der Waals surface area contributed by atoms with E-state index in [1.807, 2.05) is 23.0 Å². The van der Waals surface area contributed by atoms with Gasteiger partial charge in [0.2, 0.25) is 0 Å². The van der Waals surface area contributed by atoms with Gasteiger partial charge in [0, 0.05) is 19.3 Å². The summed E-state index contributed by atoms with van der Waals surface area (Å²) < 4.78 is 1.96. The van der Waals surface area contributed by atoms with E-state index in [9.17, 15) is 0 Å². The minimum atomic E-state index is 0.685. The van der Waals surface area contributed by atoms with Gasteiger partial charge in [0.05, 0.1) is 12.2 Å². The fourth-order valence-corrected chi connectivity index (χ4v) is 2.17. The molecule has 106 valence electrons. The smallest absolute Gasteiger partial charge is 0.166 e. The van der Waals surface area contributed by atoms with E-state index in [2.05, 4.69) is 46.9 Å². The van der Waals surface area contributed by atoms with Crippen LogP contribution in [0.5, 0.6) is 0 Å². The van der Waals surface area contributed by atoms with Gasteiger partial charge in [0.1, 0.15) is 0 Å².